The van der Waals surface area contributed by atoms with Crippen LogP contribution in [0.4, 0.5) is 0 Å². The van der Waals surface area contributed by atoms with Crippen molar-refractivity contribution in [2.45, 2.75) is 21.8 Å². The van der Waals surface area contributed by atoms with E-state index in [1.54, 1.807) is 6.26 Å². The van der Waals surface area contributed by atoms with Gasteiger partial charge in [0.15, 0.2) is 0 Å². The maximum Gasteiger partial charge on any atom is 0.352 e. The Balaban J connectivity index is 1.92. The number of nitrogens with one attached hydrogen (secondary N) is 2. The minimum absolute atomic E-state index is 0.0464. The number of carboxylic acids is 1. The number of thioether (sulfide) groups is 3. The number of nitrogens with zero attached hydrogens (tertiary/aromatic N) is 4. The third-order valence-corrected chi connectivity index (χ3v) is 8.05. The number of amides is 2. The van der Waals surface area contributed by atoms with Gasteiger partial charge in [-0.05, 0) is 17.0 Å². The van der Waals surface area contributed by atoms with Crippen LogP contribution < -0.4 is 5.32 Å². The minimum atomic E-state index is -4.49. The third-order valence-electron chi connectivity index (χ3n) is 4.12. The van der Waals surface area contributed by atoms with Crippen LogP contribution in [0, 0.1) is 0 Å². The van der Waals surface area contributed by atoms with E-state index in [1.165, 1.54) is 23.5 Å². The second-order valence-electron chi connectivity index (χ2n) is 6.12. The second kappa shape index (κ2) is 9.13. The van der Waals surface area contributed by atoms with Gasteiger partial charge in [0.25, 0.3) is 16.0 Å². The zero-order valence-corrected chi connectivity index (χ0v) is 18.5. The molecule has 3 rings (SSSR count). The summed E-state index contributed by atoms with van der Waals surface area (Å²) in [4.78, 5) is 37.4. The molecule has 1 fully saturated rings. The largest absolute Gasteiger partial charge is 0.477 e. The summed E-state index contributed by atoms with van der Waals surface area (Å²) in [5.74, 6) is -2.95. The van der Waals surface area contributed by atoms with E-state index < -0.39 is 44.4 Å². The molecule has 0 spiro atoms. The van der Waals surface area contributed by atoms with Gasteiger partial charge in [0.2, 0.25) is 11.1 Å². The number of β-lactam (4-membered cyclic amide) rings is 1. The Kier molecular flexibility index (Phi) is 6.95. The van der Waals surface area contributed by atoms with Crippen LogP contribution >= 0.6 is 35.3 Å². The van der Waals surface area contributed by atoms with Gasteiger partial charge in [-0.2, -0.15) is 25.4 Å². The molecule has 17 heteroatoms. The lowest BCUT2D eigenvalue weighted by atomic mass is 10.0. The molecule has 0 bridgehead atoms. The van der Waals surface area contributed by atoms with Crippen LogP contribution in [0.15, 0.2) is 16.4 Å². The molecule has 0 radical (unpaired) electrons. The quantitative estimate of drug-likeness (QED) is 0.178. The van der Waals surface area contributed by atoms with Gasteiger partial charge < -0.3 is 10.4 Å². The van der Waals surface area contributed by atoms with Crippen molar-refractivity contribution in [3.05, 3.63) is 11.3 Å². The molecule has 2 amide bonds. The van der Waals surface area contributed by atoms with E-state index in [2.05, 4.69) is 25.9 Å². The van der Waals surface area contributed by atoms with Crippen molar-refractivity contribution in [2.24, 2.45) is 0 Å². The summed E-state index contributed by atoms with van der Waals surface area (Å²) in [6.45, 7) is 0. The highest BCUT2D eigenvalue weighted by molar-refractivity contribution is 8.01. The van der Waals surface area contributed by atoms with E-state index in [0.717, 1.165) is 16.7 Å². The number of H-pyrrole nitrogens is 1. The maximum absolute atomic E-state index is 12.6. The fourth-order valence-electron chi connectivity index (χ4n) is 2.96. The highest BCUT2D eigenvalue weighted by atomic mass is 32.2. The highest BCUT2D eigenvalue weighted by Crippen LogP contribution is 2.43. The number of rotatable bonds is 9. The fourth-order valence-corrected chi connectivity index (χ4v) is 6.98. The summed E-state index contributed by atoms with van der Waals surface area (Å²) in [5.41, 5.74) is -0.248. The van der Waals surface area contributed by atoms with Crippen LogP contribution in [0.2, 0.25) is 0 Å². The molecule has 1 aromatic heterocycles. The van der Waals surface area contributed by atoms with E-state index in [-0.39, 0.29) is 33.8 Å². The van der Waals surface area contributed by atoms with E-state index in [1.807, 2.05) is 0 Å². The first-order chi connectivity index (χ1) is 14.1. The Morgan fingerprint density at radius 1 is 1.47 bits per heavy atom. The van der Waals surface area contributed by atoms with E-state index in [9.17, 15) is 32.5 Å². The van der Waals surface area contributed by atoms with Gasteiger partial charge in [-0.3, -0.25) is 19.0 Å². The zero-order valence-electron chi connectivity index (χ0n) is 15.2. The smallest absolute Gasteiger partial charge is 0.352 e. The Morgan fingerprint density at radius 2 is 2.20 bits per heavy atom. The molecule has 13 nitrogen and oxygen atoms in total. The molecule has 164 valence electrons. The first-order valence-corrected chi connectivity index (χ1v) is 13.1. The Hall–Kier alpha value is -1.82. The van der Waals surface area contributed by atoms with Gasteiger partial charge in [-0.1, -0.05) is 11.8 Å². The first kappa shape index (κ1) is 22.9. The number of hydrogen-bond acceptors (Lipinski definition) is 11. The molecule has 2 aliphatic rings. The van der Waals surface area contributed by atoms with Crippen LogP contribution in [-0.4, -0.2) is 102 Å². The van der Waals surface area contributed by atoms with Gasteiger partial charge in [-0.15, -0.1) is 22.0 Å². The van der Waals surface area contributed by atoms with Crippen LogP contribution in [0.3, 0.4) is 0 Å². The molecule has 0 saturated carbocycles. The summed E-state index contributed by atoms with van der Waals surface area (Å²) in [6, 6.07) is -0.865. The van der Waals surface area contributed by atoms with Crippen molar-refractivity contribution in [3.63, 3.8) is 0 Å². The van der Waals surface area contributed by atoms with Gasteiger partial charge >= 0.3 is 5.97 Å². The molecule has 30 heavy (non-hydrogen) atoms. The summed E-state index contributed by atoms with van der Waals surface area (Å²) in [5, 5.41) is 23.7. The molecule has 2 unspecified atom stereocenters. The molecule has 4 N–H and O–H groups in total. The second-order valence-corrected chi connectivity index (χ2v) is 10.8. The monoisotopic (exact) mass is 496 g/mol. The number of aromatic amines is 1. The Morgan fingerprint density at radius 3 is 2.77 bits per heavy atom. The van der Waals surface area contributed by atoms with Gasteiger partial charge in [0.05, 0.1) is 16.8 Å². The van der Waals surface area contributed by atoms with E-state index in [4.69, 9.17) is 0 Å². The average molecular weight is 497 g/mol. The predicted molar refractivity (Wildman–Crippen MR) is 108 cm³/mol. The van der Waals surface area contributed by atoms with Gasteiger partial charge in [0.1, 0.15) is 17.1 Å². The number of fused-ring (bicyclic) bond motifs is 1. The number of aromatic nitrogens is 4. The zero-order chi connectivity index (χ0) is 22.1. The maximum atomic E-state index is 12.6. The average Bonchev–Trinajstić information content (AvgIpc) is 3.16. The molecule has 3 atom stereocenters. The van der Waals surface area contributed by atoms with Crippen LogP contribution in [0.5, 0.6) is 0 Å². The van der Waals surface area contributed by atoms with Crippen molar-refractivity contribution >= 4 is 63.2 Å². The third kappa shape index (κ3) is 4.90. The van der Waals surface area contributed by atoms with Gasteiger partial charge in [0, 0.05) is 5.75 Å². The number of aliphatic carboxylic acids is 1. The van der Waals surface area contributed by atoms with Crippen LogP contribution in [0.1, 0.15) is 0 Å². The van der Waals surface area contributed by atoms with Crippen molar-refractivity contribution in [3.8, 4) is 0 Å². The summed E-state index contributed by atoms with van der Waals surface area (Å²) in [7, 11) is -4.49. The number of carbonyl (C=O) groups is 3. The standard InChI is InChI=1S/C13H16N6O7S4/c1-27-3-7(20)14-8-10(21)19-9(12(22)23)5(2-28-11(8)19)6(4-30(24,25)26)29-13-15-17-18-16-13/h6,8,11H,2-4H2,1H3,(H,14,20)(H,22,23)(H,24,25,26)(H,15,16,17,18)/t6?,8?,11-/m0/s1. The lowest BCUT2D eigenvalue weighted by Gasteiger charge is -2.50. The number of tetrazole rings is 1. The normalized spacial score (nSPS) is 22.3. The topological polar surface area (TPSA) is 196 Å². The predicted octanol–water partition coefficient (Wildman–Crippen LogP) is -1.35. The van der Waals surface area contributed by atoms with Crippen LogP contribution in [-0.2, 0) is 24.5 Å². The number of carboxylic acid groups (broad SMARTS) is 1. The summed E-state index contributed by atoms with van der Waals surface area (Å²) >= 11 is 3.27. The van der Waals surface area contributed by atoms with E-state index >= 15 is 0 Å². The summed E-state index contributed by atoms with van der Waals surface area (Å²) < 4.78 is 32.4. The molecule has 0 aromatic carbocycles. The highest BCUT2D eigenvalue weighted by Gasteiger charge is 2.55. The molecule has 1 saturated heterocycles. The first-order valence-electron chi connectivity index (χ1n) is 8.17. The SMILES string of the molecule is CSCC(=O)NC1C(=O)N2C(C(=O)O)=C(C(CS(=O)(=O)O)Sc3nn[nH]n3)CS[C@@H]12. The van der Waals surface area contributed by atoms with Crippen molar-refractivity contribution in [2.75, 3.05) is 23.5 Å². The Bertz CT molecular complexity index is 982. The molecule has 1 aromatic rings. The molecular formula is C13H16N6O7S4. The minimum Gasteiger partial charge on any atom is -0.477 e. The van der Waals surface area contributed by atoms with Crippen molar-refractivity contribution in [1.82, 2.24) is 30.8 Å². The lowest BCUT2D eigenvalue weighted by Crippen LogP contribution is -2.71. The molecule has 3 heterocycles. The number of carbonyl (C=O) groups excluding carboxylic acids is 2. The Labute approximate surface area is 182 Å². The fraction of sp³-hybridized carbons (Fsp3) is 0.538. The van der Waals surface area contributed by atoms with E-state index in [0.29, 0.717) is 0 Å². The van der Waals surface area contributed by atoms with Crippen molar-refractivity contribution in [1.29, 1.82) is 0 Å². The van der Waals surface area contributed by atoms with Crippen molar-refractivity contribution < 1.29 is 32.5 Å². The molecule has 2 aliphatic heterocycles. The molecular weight excluding hydrogens is 480 g/mol. The molecule has 0 aliphatic carbocycles. The summed E-state index contributed by atoms with van der Waals surface area (Å²) in [6.07, 6.45) is 1.73. The van der Waals surface area contributed by atoms with Crippen LogP contribution in [0.25, 0.3) is 0 Å². The number of hydrogen-bond donors (Lipinski definition) is 4. The lowest BCUT2D eigenvalue weighted by molar-refractivity contribution is -0.150. The van der Waals surface area contributed by atoms with Gasteiger partial charge in [-0.25, -0.2) is 4.79 Å².